The Morgan fingerprint density at radius 3 is 2.03 bits per heavy atom. The summed E-state index contributed by atoms with van der Waals surface area (Å²) >= 11 is 0. The molecular weight excluding hydrogens is 384 g/mol. The predicted octanol–water partition coefficient (Wildman–Crippen LogP) is 5.41. The summed E-state index contributed by atoms with van der Waals surface area (Å²) in [5.41, 5.74) is 0. The first-order valence-electron chi connectivity index (χ1n) is 13.8. The number of esters is 1. The molecule has 0 spiro atoms. The Balaban J connectivity index is 0.000000132. The highest BCUT2D eigenvalue weighted by Gasteiger charge is 2.66. The monoisotopic (exact) mass is 428 g/mol. The first-order chi connectivity index (χ1) is 15.0. The molecule has 0 aliphatic heterocycles. The number of carbonyl (C=O) groups excluding carboxylic acids is 1. The van der Waals surface area contributed by atoms with Gasteiger partial charge in [-0.25, -0.2) is 0 Å². The highest BCUT2D eigenvalue weighted by molar-refractivity contribution is 5.73. The van der Waals surface area contributed by atoms with Crippen LogP contribution in [0.1, 0.15) is 72.1 Å². The molecule has 7 aliphatic carbocycles. The highest BCUT2D eigenvalue weighted by atomic mass is 16.5. The number of hydrogen-bond donors (Lipinski definition) is 1. The summed E-state index contributed by atoms with van der Waals surface area (Å²) in [5.74, 6) is 12.2. The van der Waals surface area contributed by atoms with E-state index in [0.29, 0.717) is 25.0 Å². The van der Waals surface area contributed by atoms with E-state index < -0.39 is 0 Å². The van der Waals surface area contributed by atoms with Gasteiger partial charge in [0, 0.05) is 6.61 Å². The molecule has 1 N–H and O–H groups in total. The topological polar surface area (TPSA) is 46.5 Å². The standard InChI is InChI=1S/C17H26O2.C11H18O/c1-4-19-17(18)14-6-10-5-13(14)16-12-7-11(15(10)16)8(2)9(12)3;12-6-7-3-10-8-1-2-9(5-8)11(10)4-7/h8-16H,4-7H2,1-3H3;7-12H,1-6H2. The first kappa shape index (κ1) is 21.0. The van der Waals surface area contributed by atoms with Gasteiger partial charge in [-0.15, -0.1) is 0 Å². The van der Waals surface area contributed by atoms with Crippen LogP contribution in [-0.4, -0.2) is 24.3 Å². The van der Waals surface area contributed by atoms with E-state index in [-0.39, 0.29) is 11.9 Å². The van der Waals surface area contributed by atoms with Crippen LogP contribution in [-0.2, 0) is 9.53 Å². The van der Waals surface area contributed by atoms with Crippen LogP contribution in [0.25, 0.3) is 0 Å². The van der Waals surface area contributed by atoms with Crippen LogP contribution in [0, 0.1) is 82.9 Å². The Bertz CT molecular complexity index is 686. The molecule has 6 bridgehead atoms. The van der Waals surface area contributed by atoms with Crippen molar-refractivity contribution in [2.75, 3.05) is 13.2 Å². The third-order valence-corrected chi connectivity index (χ3v) is 12.2. The zero-order chi connectivity index (χ0) is 21.4. The normalized spacial score (nSPS) is 57.0. The fourth-order valence-electron chi connectivity index (χ4n) is 11.0. The second-order valence-corrected chi connectivity index (χ2v) is 12.9. The van der Waals surface area contributed by atoms with E-state index in [1.165, 1.54) is 44.9 Å². The SMILES string of the molecule is CCOC(=O)C1CC2CC1C1C3CC(C(C)C3C)C21.OCC1CC2C3CCC(C3)C2C1. The maximum absolute atomic E-state index is 12.2. The van der Waals surface area contributed by atoms with Crippen molar-refractivity contribution >= 4 is 5.97 Å². The maximum Gasteiger partial charge on any atom is 0.309 e. The molecular formula is C28H44O3. The molecule has 0 saturated heterocycles. The molecule has 7 saturated carbocycles. The number of fused-ring (bicyclic) bond motifs is 14. The molecule has 0 heterocycles. The number of hydrogen-bond acceptors (Lipinski definition) is 3. The molecule has 3 heteroatoms. The van der Waals surface area contributed by atoms with Gasteiger partial charge in [0.05, 0.1) is 12.5 Å². The quantitative estimate of drug-likeness (QED) is 0.483. The van der Waals surface area contributed by atoms with Crippen LogP contribution >= 0.6 is 0 Å². The van der Waals surface area contributed by atoms with E-state index >= 15 is 0 Å². The van der Waals surface area contributed by atoms with E-state index in [9.17, 15) is 4.79 Å². The van der Waals surface area contributed by atoms with E-state index in [1.807, 2.05) is 6.92 Å². The largest absolute Gasteiger partial charge is 0.466 e. The minimum absolute atomic E-state index is 0.108. The van der Waals surface area contributed by atoms with Gasteiger partial charge in [-0.1, -0.05) is 13.8 Å². The van der Waals surface area contributed by atoms with E-state index in [1.54, 1.807) is 0 Å². The lowest BCUT2D eigenvalue weighted by Crippen LogP contribution is -2.40. The zero-order valence-electron chi connectivity index (χ0n) is 19.9. The summed E-state index contributed by atoms with van der Waals surface area (Å²) < 4.78 is 5.32. The number of rotatable bonds is 3. The van der Waals surface area contributed by atoms with Gasteiger partial charge in [0.2, 0.25) is 0 Å². The maximum atomic E-state index is 12.2. The van der Waals surface area contributed by atoms with Crippen LogP contribution < -0.4 is 0 Å². The molecule has 7 aliphatic rings. The zero-order valence-corrected chi connectivity index (χ0v) is 19.9. The summed E-state index contributed by atoms with van der Waals surface area (Å²) in [7, 11) is 0. The lowest BCUT2D eigenvalue weighted by Gasteiger charge is -2.42. The van der Waals surface area contributed by atoms with Crippen molar-refractivity contribution in [1.29, 1.82) is 0 Å². The lowest BCUT2D eigenvalue weighted by atomic mass is 9.62. The Morgan fingerprint density at radius 2 is 1.42 bits per heavy atom. The predicted molar refractivity (Wildman–Crippen MR) is 121 cm³/mol. The van der Waals surface area contributed by atoms with Gasteiger partial charge in [-0.05, 0) is 135 Å². The molecule has 0 aromatic carbocycles. The van der Waals surface area contributed by atoms with Gasteiger partial charge in [0.1, 0.15) is 0 Å². The third-order valence-electron chi connectivity index (χ3n) is 12.2. The number of aliphatic hydroxyl groups excluding tert-OH is 1. The summed E-state index contributed by atoms with van der Waals surface area (Å²) in [5, 5.41) is 9.11. The highest BCUT2D eigenvalue weighted by Crippen LogP contribution is 2.71. The Labute approximate surface area is 189 Å². The molecule has 7 rings (SSSR count). The Hall–Kier alpha value is -0.570. The van der Waals surface area contributed by atoms with Crippen molar-refractivity contribution in [3.05, 3.63) is 0 Å². The molecule has 31 heavy (non-hydrogen) atoms. The number of carbonyl (C=O) groups is 1. The molecule has 174 valence electrons. The Morgan fingerprint density at radius 1 is 0.774 bits per heavy atom. The molecule has 0 radical (unpaired) electrons. The molecule has 13 atom stereocenters. The van der Waals surface area contributed by atoms with Crippen molar-refractivity contribution in [2.45, 2.75) is 72.1 Å². The van der Waals surface area contributed by atoms with E-state index in [2.05, 4.69) is 13.8 Å². The minimum Gasteiger partial charge on any atom is -0.466 e. The fourth-order valence-corrected chi connectivity index (χ4v) is 11.0. The fraction of sp³-hybridized carbons (Fsp3) is 0.964. The average molecular weight is 429 g/mol. The average Bonchev–Trinajstić information content (AvgIpc) is 3.59. The van der Waals surface area contributed by atoms with Crippen LogP contribution in [0.15, 0.2) is 0 Å². The molecule has 7 fully saturated rings. The Kier molecular flexibility index (Phi) is 5.24. The molecule has 0 amide bonds. The summed E-state index contributed by atoms with van der Waals surface area (Å²) in [6, 6.07) is 0. The molecule has 3 nitrogen and oxygen atoms in total. The van der Waals surface area contributed by atoms with E-state index in [4.69, 9.17) is 9.84 Å². The summed E-state index contributed by atoms with van der Waals surface area (Å²) in [6.07, 6.45) is 11.2. The number of ether oxygens (including phenoxy) is 1. The summed E-state index contributed by atoms with van der Waals surface area (Å²) in [4.78, 5) is 12.2. The van der Waals surface area contributed by atoms with Crippen LogP contribution in [0.2, 0.25) is 0 Å². The van der Waals surface area contributed by atoms with Crippen LogP contribution in [0.4, 0.5) is 0 Å². The molecule has 13 unspecified atom stereocenters. The van der Waals surface area contributed by atoms with E-state index in [0.717, 1.165) is 71.5 Å². The van der Waals surface area contributed by atoms with Crippen LogP contribution in [0.5, 0.6) is 0 Å². The van der Waals surface area contributed by atoms with Gasteiger partial charge in [0.25, 0.3) is 0 Å². The summed E-state index contributed by atoms with van der Waals surface area (Å²) in [6.45, 7) is 7.85. The second kappa shape index (κ2) is 7.74. The van der Waals surface area contributed by atoms with Crippen molar-refractivity contribution < 1.29 is 14.6 Å². The van der Waals surface area contributed by atoms with Crippen molar-refractivity contribution in [3.63, 3.8) is 0 Å². The van der Waals surface area contributed by atoms with Crippen molar-refractivity contribution in [2.24, 2.45) is 82.9 Å². The van der Waals surface area contributed by atoms with Gasteiger partial charge < -0.3 is 9.84 Å². The number of aliphatic hydroxyl groups is 1. The van der Waals surface area contributed by atoms with Crippen LogP contribution in [0.3, 0.4) is 0 Å². The van der Waals surface area contributed by atoms with Crippen molar-refractivity contribution in [1.82, 2.24) is 0 Å². The van der Waals surface area contributed by atoms with Gasteiger partial charge in [-0.2, -0.15) is 0 Å². The van der Waals surface area contributed by atoms with Gasteiger partial charge >= 0.3 is 5.97 Å². The minimum atomic E-state index is 0.108. The smallest absolute Gasteiger partial charge is 0.309 e. The molecule has 0 aromatic rings. The van der Waals surface area contributed by atoms with Crippen molar-refractivity contribution in [3.8, 4) is 0 Å². The lowest BCUT2D eigenvalue weighted by molar-refractivity contribution is -0.152. The van der Waals surface area contributed by atoms with Gasteiger partial charge in [-0.3, -0.25) is 4.79 Å². The third kappa shape index (κ3) is 3.03. The van der Waals surface area contributed by atoms with Gasteiger partial charge in [0.15, 0.2) is 0 Å². The molecule has 0 aromatic heterocycles. The second-order valence-electron chi connectivity index (χ2n) is 12.9. The first-order valence-corrected chi connectivity index (χ1v) is 13.8.